The normalized spacial score (nSPS) is 12.9. The van der Waals surface area contributed by atoms with Crippen LogP contribution in [0.5, 0.6) is 0 Å². The van der Waals surface area contributed by atoms with E-state index in [2.05, 4.69) is 10.3 Å². The fourth-order valence-electron chi connectivity index (χ4n) is 2.46. The van der Waals surface area contributed by atoms with Crippen molar-refractivity contribution >= 4 is 17.7 Å². The van der Waals surface area contributed by atoms with Crippen LogP contribution in [0.3, 0.4) is 0 Å². The molecule has 2 heterocycles. The quantitative estimate of drug-likeness (QED) is 0.810. The van der Waals surface area contributed by atoms with Crippen molar-refractivity contribution < 1.29 is 19.1 Å². The zero-order valence-electron chi connectivity index (χ0n) is 17.1. The summed E-state index contributed by atoms with van der Waals surface area (Å²) in [6.45, 7) is 10.5. The lowest BCUT2D eigenvalue weighted by Gasteiger charge is -2.26. The summed E-state index contributed by atoms with van der Waals surface area (Å²) >= 11 is 0. The average Bonchev–Trinajstić information content (AvgIpc) is 2.93. The van der Waals surface area contributed by atoms with Gasteiger partial charge >= 0.3 is 12.1 Å². The number of esters is 1. The van der Waals surface area contributed by atoms with Gasteiger partial charge in [0.2, 0.25) is 0 Å². The van der Waals surface area contributed by atoms with E-state index in [4.69, 9.17) is 14.7 Å². The Morgan fingerprint density at radius 2 is 1.79 bits per heavy atom. The first-order valence-corrected chi connectivity index (χ1v) is 8.96. The van der Waals surface area contributed by atoms with Gasteiger partial charge in [-0.25, -0.2) is 14.6 Å². The van der Waals surface area contributed by atoms with Crippen molar-refractivity contribution in [2.24, 2.45) is 0 Å². The SMILES string of the molecule is CC(C)(C)OC(=O)N[C@@H](Cc1ccc2nc(C#N)cn2c1)C(=O)OC(C)(C)C. The second kappa shape index (κ2) is 7.89. The van der Waals surface area contributed by atoms with Gasteiger partial charge in [0.15, 0.2) is 5.69 Å². The maximum absolute atomic E-state index is 12.6. The van der Waals surface area contributed by atoms with Gasteiger partial charge in [0, 0.05) is 18.8 Å². The van der Waals surface area contributed by atoms with Gasteiger partial charge in [-0.3, -0.25) is 0 Å². The Morgan fingerprint density at radius 1 is 1.14 bits per heavy atom. The summed E-state index contributed by atoms with van der Waals surface area (Å²) in [7, 11) is 0. The number of nitriles is 1. The van der Waals surface area contributed by atoms with E-state index in [1.54, 1.807) is 70.5 Å². The van der Waals surface area contributed by atoms with Crippen molar-refractivity contribution in [2.75, 3.05) is 0 Å². The maximum Gasteiger partial charge on any atom is 0.408 e. The molecular formula is C20H26N4O4. The Labute approximate surface area is 164 Å². The number of pyridine rings is 1. The highest BCUT2D eigenvalue weighted by Crippen LogP contribution is 2.14. The van der Waals surface area contributed by atoms with Crippen molar-refractivity contribution in [2.45, 2.75) is 65.2 Å². The number of fused-ring (bicyclic) bond motifs is 1. The highest BCUT2D eigenvalue weighted by atomic mass is 16.6. The molecule has 0 saturated carbocycles. The highest BCUT2D eigenvalue weighted by Gasteiger charge is 2.29. The van der Waals surface area contributed by atoms with Gasteiger partial charge in [-0.2, -0.15) is 5.26 Å². The maximum atomic E-state index is 12.6. The van der Waals surface area contributed by atoms with Crippen LogP contribution in [0, 0.1) is 11.3 Å². The van der Waals surface area contributed by atoms with E-state index in [0.29, 0.717) is 11.3 Å². The van der Waals surface area contributed by atoms with Gasteiger partial charge in [-0.15, -0.1) is 0 Å². The lowest BCUT2D eigenvalue weighted by molar-refractivity contribution is -0.157. The lowest BCUT2D eigenvalue weighted by Crippen LogP contribution is -2.47. The molecule has 1 amide bonds. The molecule has 0 aliphatic rings. The minimum Gasteiger partial charge on any atom is -0.458 e. The highest BCUT2D eigenvalue weighted by molar-refractivity contribution is 5.82. The van der Waals surface area contributed by atoms with Crippen LogP contribution in [0.25, 0.3) is 5.65 Å². The molecule has 0 unspecified atom stereocenters. The Bertz CT molecular complexity index is 913. The Kier molecular flexibility index (Phi) is 5.98. The molecule has 2 aromatic heterocycles. The van der Waals surface area contributed by atoms with Crippen molar-refractivity contribution in [1.29, 1.82) is 5.26 Å². The van der Waals surface area contributed by atoms with Gasteiger partial charge in [0.25, 0.3) is 0 Å². The van der Waals surface area contributed by atoms with Crippen molar-refractivity contribution in [3.8, 4) is 6.07 Å². The second-order valence-electron chi connectivity index (χ2n) is 8.48. The number of imidazole rings is 1. The molecule has 1 N–H and O–H groups in total. The van der Waals surface area contributed by atoms with E-state index < -0.39 is 29.3 Å². The minimum atomic E-state index is -0.925. The molecule has 0 aromatic carbocycles. The number of aromatic nitrogens is 2. The second-order valence-corrected chi connectivity index (χ2v) is 8.48. The van der Waals surface area contributed by atoms with Crippen molar-refractivity contribution in [1.82, 2.24) is 14.7 Å². The molecule has 8 nitrogen and oxygen atoms in total. The first kappa shape index (κ1) is 21.2. The van der Waals surface area contributed by atoms with E-state index in [9.17, 15) is 9.59 Å². The predicted molar refractivity (Wildman–Crippen MR) is 103 cm³/mol. The molecule has 28 heavy (non-hydrogen) atoms. The van der Waals surface area contributed by atoms with Crippen LogP contribution in [0.1, 0.15) is 52.8 Å². The number of nitrogens with one attached hydrogen (secondary N) is 1. The number of carbonyl (C=O) groups is 2. The summed E-state index contributed by atoms with van der Waals surface area (Å²) in [5.41, 5.74) is 0.302. The van der Waals surface area contributed by atoms with E-state index >= 15 is 0 Å². The fraction of sp³-hybridized carbons (Fsp3) is 0.500. The summed E-state index contributed by atoms with van der Waals surface area (Å²) in [5, 5.41) is 11.6. The minimum absolute atomic E-state index is 0.199. The Balaban J connectivity index is 2.24. The molecule has 2 aromatic rings. The number of amides is 1. The summed E-state index contributed by atoms with van der Waals surface area (Å²) in [6.07, 6.45) is 2.86. The summed E-state index contributed by atoms with van der Waals surface area (Å²) in [5.74, 6) is -0.554. The van der Waals surface area contributed by atoms with Gasteiger partial charge in [0.1, 0.15) is 29.0 Å². The molecule has 0 fully saturated rings. The number of alkyl carbamates (subject to hydrolysis) is 1. The number of carbonyl (C=O) groups excluding carboxylic acids is 2. The molecule has 150 valence electrons. The van der Waals surface area contributed by atoms with E-state index in [0.717, 1.165) is 5.56 Å². The van der Waals surface area contributed by atoms with Crippen LogP contribution in [-0.4, -0.2) is 38.7 Å². The Morgan fingerprint density at radius 3 is 2.36 bits per heavy atom. The number of hydrogen-bond acceptors (Lipinski definition) is 6. The fourth-order valence-corrected chi connectivity index (χ4v) is 2.46. The number of rotatable bonds is 4. The molecule has 8 heteroatoms. The molecule has 0 bridgehead atoms. The third-order valence-corrected chi connectivity index (χ3v) is 3.45. The molecule has 1 atom stereocenters. The van der Waals surface area contributed by atoms with Crippen LogP contribution in [0.4, 0.5) is 4.79 Å². The number of hydrogen-bond donors (Lipinski definition) is 1. The molecular weight excluding hydrogens is 360 g/mol. The van der Waals surface area contributed by atoms with Crippen LogP contribution >= 0.6 is 0 Å². The number of ether oxygens (including phenoxy) is 2. The van der Waals surface area contributed by atoms with Crippen LogP contribution in [0.2, 0.25) is 0 Å². The monoisotopic (exact) mass is 386 g/mol. The van der Waals surface area contributed by atoms with Crippen molar-refractivity contribution in [3.05, 3.63) is 35.8 Å². The molecule has 0 aliphatic heterocycles. The zero-order valence-corrected chi connectivity index (χ0v) is 17.1. The predicted octanol–water partition coefficient (Wildman–Crippen LogP) is 2.98. The molecule has 0 radical (unpaired) electrons. The average molecular weight is 386 g/mol. The summed E-state index contributed by atoms with van der Waals surface area (Å²) < 4.78 is 12.4. The van der Waals surface area contributed by atoms with E-state index in [1.807, 2.05) is 6.07 Å². The third-order valence-electron chi connectivity index (χ3n) is 3.45. The summed E-state index contributed by atoms with van der Waals surface area (Å²) in [6, 6.07) is 4.60. The molecule has 0 spiro atoms. The van der Waals surface area contributed by atoms with E-state index in [-0.39, 0.29) is 6.42 Å². The van der Waals surface area contributed by atoms with Gasteiger partial charge < -0.3 is 19.2 Å². The van der Waals surface area contributed by atoms with Crippen LogP contribution in [-0.2, 0) is 20.7 Å². The topological polar surface area (TPSA) is 106 Å². The number of nitrogens with zero attached hydrogens (tertiary/aromatic N) is 3. The van der Waals surface area contributed by atoms with Crippen molar-refractivity contribution in [3.63, 3.8) is 0 Å². The summed E-state index contributed by atoms with van der Waals surface area (Å²) in [4.78, 5) is 29.0. The first-order chi connectivity index (χ1) is 12.9. The lowest BCUT2D eigenvalue weighted by atomic mass is 10.1. The molecule has 0 aliphatic carbocycles. The Hall–Kier alpha value is -3.08. The van der Waals surface area contributed by atoms with E-state index in [1.165, 1.54) is 0 Å². The van der Waals surface area contributed by atoms with Gasteiger partial charge in [-0.05, 0) is 53.2 Å². The third kappa shape index (κ3) is 6.27. The van der Waals surface area contributed by atoms with Crippen LogP contribution in [0.15, 0.2) is 24.5 Å². The first-order valence-electron chi connectivity index (χ1n) is 8.96. The van der Waals surface area contributed by atoms with Gasteiger partial charge in [0.05, 0.1) is 0 Å². The molecule has 2 rings (SSSR count). The van der Waals surface area contributed by atoms with Crippen LogP contribution < -0.4 is 5.32 Å². The standard InChI is InChI=1S/C20H26N4O4/c1-19(2,3)27-17(25)15(23-18(26)28-20(4,5)6)9-13-7-8-16-22-14(10-21)12-24(16)11-13/h7-8,11-12,15H,9H2,1-6H3,(H,23,26)/t15-/m0/s1. The zero-order chi connectivity index (χ0) is 21.1. The molecule has 0 saturated heterocycles. The van der Waals surface area contributed by atoms with Gasteiger partial charge in [-0.1, -0.05) is 6.07 Å². The largest absolute Gasteiger partial charge is 0.458 e. The smallest absolute Gasteiger partial charge is 0.408 e.